The van der Waals surface area contributed by atoms with Crippen LogP contribution in [0.4, 0.5) is 0 Å². The second-order valence-corrected chi connectivity index (χ2v) is 8.87. The molecule has 4 heterocycles. The van der Waals surface area contributed by atoms with E-state index in [0.717, 1.165) is 30.9 Å². The lowest BCUT2D eigenvalue weighted by atomic mass is 10.0. The lowest BCUT2D eigenvalue weighted by molar-refractivity contribution is 0.311. The number of rotatable bonds is 2. The molecule has 4 heteroatoms. The van der Waals surface area contributed by atoms with Crippen LogP contribution in [-0.4, -0.2) is 32.6 Å². The van der Waals surface area contributed by atoms with E-state index in [4.69, 9.17) is 4.98 Å². The molecular weight excluding hydrogens is 380 g/mol. The van der Waals surface area contributed by atoms with Gasteiger partial charge in [0.25, 0.3) is 0 Å². The summed E-state index contributed by atoms with van der Waals surface area (Å²) in [5.74, 6) is 1.00. The molecule has 0 saturated carbocycles. The van der Waals surface area contributed by atoms with Crippen LogP contribution in [0.25, 0.3) is 38.8 Å². The molecule has 0 amide bonds. The quantitative estimate of drug-likeness (QED) is 0.388. The van der Waals surface area contributed by atoms with Gasteiger partial charge in [-0.05, 0) is 67.6 Å². The lowest BCUT2D eigenvalue weighted by Crippen LogP contribution is -2.27. The first-order chi connectivity index (χ1) is 15.1. The number of aryl methyl sites for hydroxylation is 2. The van der Waals surface area contributed by atoms with Gasteiger partial charge in [0.2, 0.25) is 0 Å². The molecule has 0 N–H and O–H groups in total. The van der Waals surface area contributed by atoms with Gasteiger partial charge >= 0.3 is 0 Å². The van der Waals surface area contributed by atoms with E-state index in [-0.39, 0.29) is 0 Å². The van der Waals surface area contributed by atoms with E-state index in [9.17, 15) is 0 Å². The van der Waals surface area contributed by atoms with Gasteiger partial charge in [-0.3, -0.25) is 4.57 Å². The smallest absolute Gasteiger partial charge is 0.137 e. The van der Waals surface area contributed by atoms with Crippen molar-refractivity contribution in [1.29, 1.82) is 0 Å². The molecule has 2 aromatic carbocycles. The van der Waals surface area contributed by atoms with Crippen molar-refractivity contribution in [2.45, 2.75) is 19.9 Å². The maximum Gasteiger partial charge on any atom is 0.137 e. The number of benzene rings is 2. The molecule has 31 heavy (non-hydrogen) atoms. The molecule has 1 aliphatic heterocycles. The average molecular weight is 407 g/mol. The molecule has 6 rings (SSSR count). The fourth-order valence-corrected chi connectivity index (χ4v) is 5.02. The van der Waals surface area contributed by atoms with Crippen LogP contribution in [0.2, 0.25) is 0 Å². The van der Waals surface area contributed by atoms with Gasteiger partial charge < -0.3 is 9.47 Å². The highest BCUT2D eigenvalue weighted by Crippen LogP contribution is 2.34. The Morgan fingerprint density at radius 3 is 2.55 bits per heavy atom. The number of nitrogens with zero attached hydrogens (tertiary/aromatic N) is 4. The van der Waals surface area contributed by atoms with Crippen molar-refractivity contribution in [2.75, 3.05) is 13.6 Å². The molecule has 0 saturated heterocycles. The molecule has 0 unspecified atom stereocenters. The minimum absolute atomic E-state index is 0.997. The second kappa shape index (κ2) is 6.82. The van der Waals surface area contributed by atoms with Gasteiger partial charge in [-0.25, -0.2) is 4.98 Å². The average Bonchev–Trinajstić information content (AvgIpc) is 3.31. The Bertz CT molecular complexity index is 1440. The molecule has 0 spiro atoms. The zero-order valence-corrected chi connectivity index (χ0v) is 18.3. The van der Waals surface area contributed by atoms with E-state index < -0.39 is 0 Å². The monoisotopic (exact) mass is 406 g/mol. The second-order valence-electron chi connectivity index (χ2n) is 8.87. The summed E-state index contributed by atoms with van der Waals surface area (Å²) in [4.78, 5) is 7.33. The third-order valence-electron chi connectivity index (χ3n) is 6.69. The van der Waals surface area contributed by atoms with Crippen LogP contribution < -0.4 is 0 Å². The van der Waals surface area contributed by atoms with E-state index in [2.05, 4.69) is 95.8 Å². The fraction of sp³-hybridized carbons (Fsp3) is 0.222. The van der Waals surface area contributed by atoms with Crippen LogP contribution in [0, 0.1) is 6.92 Å². The zero-order chi connectivity index (χ0) is 21.1. The van der Waals surface area contributed by atoms with Crippen LogP contribution in [0.15, 0.2) is 67.0 Å². The first kappa shape index (κ1) is 18.4. The molecular formula is C27H26N4. The van der Waals surface area contributed by atoms with Gasteiger partial charge in [-0.2, -0.15) is 0 Å². The molecule has 3 aromatic heterocycles. The van der Waals surface area contributed by atoms with Crippen molar-refractivity contribution in [2.24, 2.45) is 7.05 Å². The molecule has 0 radical (unpaired) electrons. The largest absolute Gasteiger partial charge is 0.351 e. The summed E-state index contributed by atoms with van der Waals surface area (Å²) in [6.45, 7) is 4.25. The van der Waals surface area contributed by atoms with Crippen LogP contribution >= 0.6 is 0 Å². The predicted molar refractivity (Wildman–Crippen MR) is 128 cm³/mol. The van der Waals surface area contributed by atoms with Gasteiger partial charge in [-0.15, -0.1) is 0 Å². The number of likely N-dealkylation sites (N-methyl/N-ethyl adjacent to an activating group) is 1. The molecule has 0 fully saturated rings. The highest BCUT2D eigenvalue weighted by Gasteiger charge is 2.23. The van der Waals surface area contributed by atoms with E-state index >= 15 is 0 Å². The summed E-state index contributed by atoms with van der Waals surface area (Å²) in [5.41, 5.74) is 9.03. The standard InChI is InChI=1S/C27H26N4/c1-18-4-7-25-22(14-18)23-17-29(2)12-11-26(23)31(25)27-9-6-21(16-28-27)19-5-8-24-20(15-19)10-13-30(24)3/h4-10,13-16H,11-12,17H2,1-3H3. The molecule has 1 aliphatic rings. The fourth-order valence-electron chi connectivity index (χ4n) is 5.02. The third kappa shape index (κ3) is 2.90. The van der Waals surface area contributed by atoms with E-state index in [1.165, 1.54) is 44.2 Å². The van der Waals surface area contributed by atoms with E-state index in [1.807, 2.05) is 6.20 Å². The number of fused-ring (bicyclic) bond motifs is 4. The first-order valence-corrected chi connectivity index (χ1v) is 10.9. The molecule has 0 atom stereocenters. The van der Waals surface area contributed by atoms with Gasteiger partial charge in [0.1, 0.15) is 5.82 Å². The Hall–Kier alpha value is -3.37. The maximum atomic E-state index is 4.93. The maximum absolute atomic E-state index is 4.93. The molecule has 4 nitrogen and oxygen atoms in total. The lowest BCUT2D eigenvalue weighted by Gasteiger charge is -2.24. The Kier molecular flexibility index (Phi) is 4.05. The van der Waals surface area contributed by atoms with Crippen molar-refractivity contribution < 1.29 is 0 Å². The minimum Gasteiger partial charge on any atom is -0.351 e. The van der Waals surface area contributed by atoms with Crippen molar-refractivity contribution in [3.63, 3.8) is 0 Å². The third-order valence-corrected chi connectivity index (χ3v) is 6.69. The van der Waals surface area contributed by atoms with Crippen LogP contribution in [0.5, 0.6) is 0 Å². The Morgan fingerprint density at radius 2 is 1.71 bits per heavy atom. The van der Waals surface area contributed by atoms with Crippen LogP contribution in [0.1, 0.15) is 16.8 Å². The highest BCUT2D eigenvalue weighted by molar-refractivity contribution is 5.88. The summed E-state index contributed by atoms with van der Waals surface area (Å²) >= 11 is 0. The SMILES string of the molecule is Cc1ccc2c(c1)c1c(n2-c2ccc(-c3ccc4c(ccn4C)c3)cn2)CCN(C)C1. The molecule has 154 valence electrons. The van der Waals surface area contributed by atoms with Crippen molar-refractivity contribution >= 4 is 21.8 Å². The van der Waals surface area contributed by atoms with Crippen LogP contribution in [0.3, 0.4) is 0 Å². The Labute approximate surface area is 182 Å². The van der Waals surface area contributed by atoms with Crippen molar-refractivity contribution in [3.8, 4) is 16.9 Å². The van der Waals surface area contributed by atoms with Gasteiger partial charge in [0.05, 0.1) is 5.52 Å². The highest BCUT2D eigenvalue weighted by atomic mass is 15.1. The van der Waals surface area contributed by atoms with Crippen LogP contribution in [-0.2, 0) is 20.0 Å². The summed E-state index contributed by atoms with van der Waals surface area (Å²) in [7, 11) is 4.29. The van der Waals surface area contributed by atoms with Crippen molar-refractivity contribution in [3.05, 3.63) is 83.8 Å². The zero-order valence-electron chi connectivity index (χ0n) is 18.3. The first-order valence-electron chi connectivity index (χ1n) is 10.9. The summed E-state index contributed by atoms with van der Waals surface area (Å²) in [5, 5.41) is 2.62. The van der Waals surface area contributed by atoms with E-state index in [1.54, 1.807) is 0 Å². The number of hydrogen-bond acceptors (Lipinski definition) is 2. The number of pyridine rings is 1. The summed E-state index contributed by atoms with van der Waals surface area (Å²) < 4.78 is 4.53. The minimum atomic E-state index is 0.997. The predicted octanol–water partition coefficient (Wildman–Crippen LogP) is 5.48. The topological polar surface area (TPSA) is 26.0 Å². The normalized spacial score (nSPS) is 14.4. The van der Waals surface area contributed by atoms with Crippen molar-refractivity contribution in [1.82, 2.24) is 19.0 Å². The van der Waals surface area contributed by atoms with Gasteiger partial charge in [0, 0.05) is 66.5 Å². The summed E-state index contributed by atoms with van der Waals surface area (Å²) in [6.07, 6.45) is 5.17. The summed E-state index contributed by atoms with van der Waals surface area (Å²) in [6, 6.07) is 19.9. The molecule has 0 aliphatic carbocycles. The Balaban J connectivity index is 1.46. The van der Waals surface area contributed by atoms with Gasteiger partial charge in [0.15, 0.2) is 0 Å². The van der Waals surface area contributed by atoms with Gasteiger partial charge in [-0.1, -0.05) is 17.7 Å². The number of hydrogen-bond donors (Lipinski definition) is 0. The Morgan fingerprint density at radius 1 is 0.871 bits per heavy atom. The number of aromatic nitrogens is 3. The molecule has 5 aromatic rings. The molecule has 0 bridgehead atoms. The van der Waals surface area contributed by atoms with E-state index in [0.29, 0.717) is 0 Å².